The molecular formula is C11H13ClN2. The van der Waals surface area contributed by atoms with Gasteiger partial charge in [0.15, 0.2) is 0 Å². The Morgan fingerprint density at radius 2 is 2.43 bits per heavy atom. The van der Waals surface area contributed by atoms with Crippen LogP contribution in [0.3, 0.4) is 0 Å². The van der Waals surface area contributed by atoms with Crippen LogP contribution >= 0.6 is 11.6 Å². The maximum Gasteiger partial charge on any atom is 0.129 e. The lowest BCUT2D eigenvalue weighted by Gasteiger charge is -1.99. The Hall–Kier alpha value is -0.860. The first kappa shape index (κ1) is 9.69. The average Bonchev–Trinajstić information content (AvgIpc) is 2.70. The molecule has 1 aromatic rings. The zero-order chi connectivity index (χ0) is 9.80. The summed E-state index contributed by atoms with van der Waals surface area (Å²) >= 11 is 5.69. The topological polar surface area (TPSA) is 24.9 Å². The summed E-state index contributed by atoms with van der Waals surface area (Å²) in [6, 6.07) is 3.79. The van der Waals surface area contributed by atoms with E-state index in [1.807, 2.05) is 12.1 Å². The average molecular weight is 209 g/mol. The van der Waals surface area contributed by atoms with E-state index in [4.69, 9.17) is 11.6 Å². The molecule has 2 rings (SSSR count). The highest BCUT2D eigenvalue weighted by Crippen LogP contribution is 2.12. The molecule has 1 aliphatic rings. The van der Waals surface area contributed by atoms with E-state index < -0.39 is 0 Å². The minimum Gasteiger partial charge on any atom is -0.316 e. The summed E-state index contributed by atoms with van der Waals surface area (Å²) in [7, 11) is 0. The molecule has 0 saturated carbocycles. The summed E-state index contributed by atoms with van der Waals surface area (Å²) in [5.41, 5.74) is 1.11. The first-order valence-electron chi connectivity index (χ1n) is 4.85. The molecule has 0 aliphatic carbocycles. The summed E-state index contributed by atoms with van der Waals surface area (Å²) in [5, 5.41) is 3.88. The minimum atomic E-state index is 0.546. The standard InChI is InChI=1S/C11H13ClN2/c12-11-4-3-9(8-14-11)1-2-10-5-6-13-7-10/h1-4,8,10,13H,5-7H2/b2-1+/t10-/m1/s1. The summed E-state index contributed by atoms with van der Waals surface area (Å²) in [6.45, 7) is 2.23. The van der Waals surface area contributed by atoms with Crippen LogP contribution in [-0.4, -0.2) is 18.1 Å². The highest BCUT2D eigenvalue weighted by Gasteiger charge is 2.09. The molecule has 1 fully saturated rings. The van der Waals surface area contributed by atoms with Gasteiger partial charge in [-0.25, -0.2) is 4.98 Å². The highest BCUT2D eigenvalue weighted by atomic mass is 35.5. The Labute approximate surface area is 89.0 Å². The monoisotopic (exact) mass is 208 g/mol. The fourth-order valence-corrected chi connectivity index (χ4v) is 1.69. The number of aromatic nitrogens is 1. The second-order valence-electron chi connectivity index (χ2n) is 3.53. The molecule has 1 atom stereocenters. The van der Waals surface area contributed by atoms with Crippen LogP contribution in [0.15, 0.2) is 24.4 Å². The van der Waals surface area contributed by atoms with E-state index in [2.05, 4.69) is 22.5 Å². The van der Waals surface area contributed by atoms with Crippen LogP contribution in [0.1, 0.15) is 12.0 Å². The molecule has 0 radical (unpaired) electrons. The van der Waals surface area contributed by atoms with Gasteiger partial charge in [-0.15, -0.1) is 0 Å². The Balaban J connectivity index is 1.99. The van der Waals surface area contributed by atoms with E-state index in [-0.39, 0.29) is 0 Å². The normalized spacial score (nSPS) is 21.9. The van der Waals surface area contributed by atoms with Gasteiger partial charge in [-0.05, 0) is 30.5 Å². The van der Waals surface area contributed by atoms with Crippen molar-refractivity contribution in [3.05, 3.63) is 35.1 Å². The van der Waals surface area contributed by atoms with Crippen LogP contribution in [0.2, 0.25) is 5.15 Å². The van der Waals surface area contributed by atoms with Crippen molar-refractivity contribution in [2.24, 2.45) is 5.92 Å². The fraction of sp³-hybridized carbons (Fsp3) is 0.364. The van der Waals surface area contributed by atoms with E-state index in [1.165, 1.54) is 6.42 Å². The SMILES string of the molecule is Clc1ccc(/C=C/[C@@H]2CCNC2)cn1. The second-order valence-corrected chi connectivity index (χ2v) is 3.91. The number of hydrogen-bond acceptors (Lipinski definition) is 2. The van der Waals surface area contributed by atoms with Gasteiger partial charge in [0.05, 0.1) is 0 Å². The number of nitrogens with zero attached hydrogens (tertiary/aromatic N) is 1. The van der Waals surface area contributed by atoms with Gasteiger partial charge in [0.1, 0.15) is 5.15 Å². The van der Waals surface area contributed by atoms with Gasteiger partial charge in [-0.3, -0.25) is 0 Å². The Bertz CT molecular complexity index is 313. The van der Waals surface area contributed by atoms with E-state index >= 15 is 0 Å². The van der Waals surface area contributed by atoms with Gasteiger partial charge in [0.25, 0.3) is 0 Å². The lowest BCUT2D eigenvalue weighted by Crippen LogP contribution is -2.07. The quantitative estimate of drug-likeness (QED) is 0.755. The Morgan fingerprint density at radius 3 is 3.07 bits per heavy atom. The van der Waals surface area contributed by atoms with E-state index in [1.54, 1.807) is 6.20 Å². The van der Waals surface area contributed by atoms with Gasteiger partial charge in [0.2, 0.25) is 0 Å². The molecule has 74 valence electrons. The molecule has 1 aromatic heterocycles. The Kier molecular flexibility index (Phi) is 3.17. The summed E-state index contributed by atoms with van der Waals surface area (Å²) in [4.78, 5) is 4.02. The van der Waals surface area contributed by atoms with Crippen LogP contribution < -0.4 is 5.32 Å². The molecule has 0 amide bonds. The van der Waals surface area contributed by atoms with Crippen LogP contribution in [-0.2, 0) is 0 Å². The lowest BCUT2D eigenvalue weighted by atomic mass is 10.1. The van der Waals surface area contributed by atoms with E-state index in [9.17, 15) is 0 Å². The molecule has 0 spiro atoms. The number of nitrogens with one attached hydrogen (secondary N) is 1. The summed E-state index contributed by atoms with van der Waals surface area (Å²) in [5.74, 6) is 0.672. The number of halogens is 1. The molecule has 0 aromatic carbocycles. The van der Waals surface area contributed by atoms with Gasteiger partial charge in [-0.1, -0.05) is 29.8 Å². The highest BCUT2D eigenvalue weighted by molar-refractivity contribution is 6.29. The smallest absolute Gasteiger partial charge is 0.129 e. The maximum absolute atomic E-state index is 5.69. The number of hydrogen-bond donors (Lipinski definition) is 1. The fourth-order valence-electron chi connectivity index (χ4n) is 1.57. The molecule has 0 bridgehead atoms. The Morgan fingerprint density at radius 1 is 1.50 bits per heavy atom. The molecule has 2 nitrogen and oxygen atoms in total. The zero-order valence-corrected chi connectivity index (χ0v) is 8.67. The summed E-state index contributed by atoms with van der Waals surface area (Å²) in [6.07, 6.45) is 7.38. The third-order valence-electron chi connectivity index (χ3n) is 2.41. The van der Waals surface area contributed by atoms with Crippen molar-refractivity contribution in [1.29, 1.82) is 0 Å². The van der Waals surface area contributed by atoms with Crippen LogP contribution in [0.25, 0.3) is 6.08 Å². The molecule has 1 N–H and O–H groups in total. The molecule has 3 heteroatoms. The van der Waals surface area contributed by atoms with Gasteiger partial charge >= 0.3 is 0 Å². The largest absolute Gasteiger partial charge is 0.316 e. The van der Waals surface area contributed by atoms with E-state index in [0.29, 0.717) is 11.1 Å². The molecule has 1 aliphatic heterocycles. The van der Waals surface area contributed by atoms with Crippen molar-refractivity contribution in [1.82, 2.24) is 10.3 Å². The van der Waals surface area contributed by atoms with Crippen molar-refractivity contribution in [3.8, 4) is 0 Å². The summed E-state index contributed by atoms with van der Waals surface area (Å²) < 4.78 is 0. The van der Waals surface area contributed by atoms with E-state index in [0.717, 1.165) is 18.7 Å². The van der Waals surface area contributed by atoms with Crippen LogP contribution in [0.5, 0.6) is 0 Å². The predicted molar refractivity (Wildman–Crippen MR) is 59.3 cm³/mol. The first-order valence-corrected chi connectivity index (χ1v) is 5.23. The third-order valence-corrected chi connectivity index (χ3v) is 2.63. The molecule has 14 heavy (non-hydrogen) atoms. The van der Waals surface area contributed by atoms with Gasteiger partial charge in [-0.2, -0.15) is 0 Å². The molecule has 0 unspecified atom stereocenters. The van der Waals surface area contributed by atoms with Gasteiger partial charge in [0, 0.05) is 12.7 Å². The molecule has 1 saturated heterocycles. The third kappa shape index (κ3) is 2.56. The molecule has 2 heterocycles. The first-order chi connectivity index (χ1) is 6.84. The van der Waals surface area contributed by atoms with Crippen molar-refractivity contribution < 1.29 is 0 Å². The number of rotatable bonds is 2. The minimum absolute atomic E-state index is 0.546. The van der Waals surface area contributed by atoms with Crippen molar-refractivity contribution in [2.75, 3.05) is 13.1 Å². The van der Waals surface area contributed by atoms with Crippen LogP contribution in [0.4, 0.5) is 0 Å². The predicted octanol–water partition coefficient (Wildman–Crippen LogP) is 2.36. The zero-order valence-electron chi connectivity index (χ0n) is 7.91. The van der Waals surface area contributed by atoms with Crippen molar-refractivity contribution >= 4 is 17.7 Å². The molecular weight excluding hydrogens is 196 g/mol. The lowest BCUT2D eigenvalue weighted by molar-refractivity contribution is 0.731. The van der Waals surface area contributed by atoms with Gasteiger partial charge < -0.3 is 5.32 Å². The number of pyridine rings is 1. The second kappa shape index (κ2) is 4.58. The van der Waals surface area contributed by atoms with Crippen molar-refractivity contribution in [3.63, 3.8) is 0 Å². The van der Waals surface area contributed by atoms with Crippen molar-refractivity contribution in [2.45, 2.75) is 6.42 Å². The maximum atomic E-state index is 5.69. The van der Waals surface area contributed by atoms with Crippen LogP contribution in [0, 0.1) is 5.92 Å².